The Morgan fingerprint density at radius 2 is 1.46 bits per heavy atom. The van der Waals surface area contributed by atoms with E-state index in [0.717, 1.165) is 71.2 Å². The standard InChI is InChI=1S/C25H34O3/c1-18-15-19(2)22(20(3)16-18)17-21-7-11-23(8-4-12-26-23)25(10-6-14-28-25)24(21)9-5-13-27-24/h15-17H,4-14H2,1-3H3/b21-17+/t23-,24+,25-/m0/s1. The molecule has 1 aromatic rings. The lowest BCUT2D eigenvalue weighted by molar-refractivity contribution is -0.257. The molecule has 3 nitrogen and oxygen atoms in total. The molecule has 3 saturated heterocycles. The summed E-state index contributed by atoms with van der Waals surface area (Å²) in [5.74, 6) is 0. The number of hydrogen-bond acceptors (Lipinski definition) is 3. The Morgan fingerprint density at radius 1 is 0.786 bits per heavy atom. The Labute approximate surface area is 169 Å². The van der Waals surface area contributed by atoms with Gasteiger partial charge in [0.05, 0.1) is 0 Å². The quantitative estimate of drug-likeness (QED) is 0.647. The average Bonchev–Trinajstić information content (AvgIpc) is 3.40. The zero-order chi connectivity index (χ0) is 19.4. The minimum Gasteiger partial charge on any atom is -0.372 e. The van der Waals surface area contributed by atoms with Gasteiger partial charge < -0.3 is 14.2 Å². The SMILES string of the molecule is Cc1cc(C)c(/C=C2\CC[C@@]3(CCCO3)[C@@]3(CCCO3)[C@@]23CCCO3)c(C)c1. The van der Waals surface area contributed by atoms with Crippen LogP contribution in [0.2, 0.25) is 0 Å². The van der Waals surface area contributed by atoms with Crippen LogP contribution in [0.4, 0.5) is 0 Å². The lowest BCUT2D eigenvalue weighted by Crippen LogP contribution is -2.70. The normalized spacial score (nSPS) is 39.2. The van der Waals surface area contributed by atoms with Crippen molar-refractivity contribution in [1.82, 2.24) is 0 Å². The van der Waals surface area contributed by atoms with Crippen LogP contribution in [-0.4, -0.2) is 36.6 Å². The lowest BCUT2D eigenvalue weighted by atomic mass is 9.57. The van der Waals surface area contributed by atoms with Crippen molar-refractivity contribution in [3.05, 3.63) is 40.0 Å². The van der Waals surface area contributed by atoms with E-state index in [2.05, 4.69) is 39.0 Å². The molecule has 3 heterocycles. The first-order valence-corrected chi connectivity index (χ1v) is 11.2. The van der Waals surface area contributed by atoms with Crippen LogP contribution < -0.4 is 0 Å². The van der Waals surface area contributed by atoms with Crippen molar-refractivity contribution >= 4 is 6.08 Å². The third kappa shape index (κ3) is 2.45. The van der Waals surface area contributed by atoms with E-state index in [4.69, 9.17) is 14.2 Å². The number of ether oxygens (including phenoxy) is 3. The molecule has 3 aliphatic heterocycles. The highest BCUT2D eigenvalue weighted by Crippen LogP contribution is 2.62. The van der Waals surface area contributed by atoms with Crippen molar-refractivity contribution in [3.63, 3.8) is 0 Å². The first-order chi connectivity index (χ1) is 13.5. The molecule has 3 heteroatoms. The summed E-state index contributed by atoms with van der Waals surface area (Å²) in [6, 6.07) is 4.60. The van der Waals surface area contributed by atoms with Crippen molar-refractivity contribution in [3.8, 4) is 0 Å². The van der Waals surface area contributed by atoms with Crippen molar-refractivity contribution in [2.24, 2.45) is 0 Å². The van der Waals surface area contributed by atoms with Crippen molar-refractivity contribution in [1.29, 1.82) is 0 Å². The largest absolute Gasteiger partial charge is 0.372 e. The molecule has 1 aliphatic carbocycles. The fraction of sp³-hybridized carbons (Fsp3) is 0.680. The minimum absolute atomic E-state index is 0.150. The van der Waals surface area contributed by atoms with Crippen molar-refractivity contribution < 1.29 is 14.2 Å². The van der Waals surface area contributed by atoms with Gasteiger partial charge in [0, 0.05) is 19.8 Å². The van der Waals surface area contributed by atoms with Gasteiger partial charge >= 0.3 is 0 Å². The maximum Gasteiger partial charge on any atom is 0.130 e. The first-order valence-electron chi connectivity index (χ1n) is 11.2. The van der Waals surface area contributed by atoms with E-state index < -0.39 is 0 Å². The molecular formula is C25H34O3. The van der Waals surface area contributed by atoms with Gasteiger partial charge in [-0.2, -0.15) is 0 Å². The third-order valence-corrected chi connectivity index (χ3v) is 7.91. The van der Waals surface area contributed by atoms with Gasteiger partial charge in [-0.1, -0.05) is 23.8 Å². The van der Waals surface area contributed by atoms with Gasteiger partial charge in [-0.05, 0) is 94.4 Å². The van der Waals surface area contributed by atoms with Gasteiger partial charge in [-0.3, -0.25) is 0 Å². The summed E-state index contributed by atoms with van der Waals surface area (Å²) in [6.45, 7) is 9.20. The number of fused-ring (bicyclic) bond motifs is 2. The molecule has 3 spiro atoms. The lowest BCUT2D eigenvalue weighted by Gasteiger charge is -2.58. The highest BCUT2D eigenvalue weighted by Gasteiger charge is 2.71. The molecule has 152 valence electrons. The fourth-order valence-electron chi connectivity index (χ4n) is 6.89. The number of benzene rings is 1. The molecule has 1 aromatic carbocycles. The maximum absolute atomic E-state index is 6.72. The van der Waals surface area contributed by atoms with Crippen molar-refractivity contribution in [2.75, 3.05) is 19.8 Å². The Hall–Kier alpha value is -1.16. The second kappa shape index (κ2) is 6.68. The highest BCUT2D eigenvalue weighted by molar-refractivity contribution is 5.64. The van der Waals surface area contributed by atoms with E-state index in [-0.39, 0.29) is 16.8 Å². The second-order valence-electron chi connectivity index (χ2n) is 9.49. The molecular weight excluding hydrogens is 348 g/mol. The van der Waals surface area contributed by atoms with Crippen LogP contribution in [0.5, 0.6) is 0 Å². The Balaban J connectivity index is 1.66. The predicted octanol–water partition coefficient (Wildman–Crippen LogP) is 5.44. The summed E-state index contributed by atoms with van der Waals surface area (Å²) in [5, 5.41) is 0. The fourth-order valence-corrected chi connectivity index (χ4v) is 6.89. The van der Waals surface area contributed by atoms with Crippen LogP contribution in [0.3, 0.4) is 0 Å². The summed E-state index contributed by atoms with van der Waals surface area (Å²) in [7, 11) is 0. The van der Waals surface area contributed by atoms with Gasteiger partial charge in [-0.25, -0.2) is 0 Å². The molecule has 5 rings (SSSR count). The molecule has 0 aromatic heterocycles. The van der Waals surface area contributed by atoms with E-state index in [0.29, 0.717) is 0 Å². The predicted molar refractivity (Wildman–Crippen MR) is 112 cm³/mol. The average molecular weight is 383 g/mol. The zero-order valence-corrected chi connectivity index (χ0v) is 17.7. The van der Waals surface area contributed by atoms with Gasteiger partial charge in [0.15, 0.2) is 0 Å². The molecule has 1 saturated carbocycles. The van der Waals surface area contributed by atoms with Crippen LogP contribution in [-0.2, 0) is 14.2 Å². The van der Waals surface area contributed by atoms with Gasteiger partial charge in [-0.15, -0.1) is 0 Å². The van der Waals surface area contributed by atoms with Crippen molar-refractivity contribution in [2.45, 2.75) is 88.9 Å². The van der Waals surface area contributed by atoms with E-state index in [9.17, 15) is 0 Å². The van der Waals surface area contributed by atoms with Gasteiger partial charge in [0.25, 0.3) is 0 Å². The second-order valence-corrected chi connectivity index (χ2v) is 9.49. The van der Waals surface area contributed by atoms with Crippen LogP contribution in [0.1, 0.15) is 73.6 Å². The molecule has 4 fully saturated rings. The topological polar surface area (TPSA) is 27.7 Å². The van der Waals surface area contributed by atoms with E-state index in [1.165, 1.54) is 27.8 Å². The molecule has 0 amide bonds. The molecule has 4 aliphatic rings. The molecule has 0 N–H and O–H groups in total. The molecule has 0 radical (unpaired) electrons. The third-order valence-electron chi connectivity index (χ3n) is 7.91. The summed E-state index contributed by atoms with van der Waals surface area (Å²) in [5.41, 5.74) is 6.10. The maximum atomic E-state index is 6.72. The molecule has 3 atom stereocenters. The van der Waals surface area contributed by atoms with Gasteiger partial charge in [0.1, 0.15) is 16.8 Å². The first kappa shape index (κ1) is 18.8. The van der Waals surface area contributed by atoms with Crippen LogP contribution in [0.25, 0.3) is 6.08 Å². The van der Waals surface area contributed by atoms with E-state index >= 15 is 0 Å². The Bertz CT molecular complexity index is 765. The monoisotopic (exact) mass is 382 g/mol. The Kier molecular flexibility index (Phi) is 4.50. The molecule has 28 heavy (non-hydrogen) atoms. The summed E-state index contributed by atoms with van der Waals surface area (Å²) >= 11 is 0. The summed E-state index contributed by atoms with van der Waals surface area (Å²) in [4.78, 5) is 0. The van der Waals surface area contributed by atoms with Gasteiger partial charge in [0.2, 0.25) is 0 Å². The highest BCUT2D eigenvalue weighted by atomic mass is 16.6. The number of hydrogen-bond donors (Lipinski definition) is 0. The molecule has 0 unspecified atom stereocenters. The summed E-state index contributed by atoms with van der Waals surface area (Å²) < 4.78 is 20.0. The van der Waals surface area contributed by atoms with E-state index in [1.807, 2.05) is 0 Å². The zero-order valence-electron chi connectivity index (χ0n) is 17.7. The van der Waals surface area contributed by atoms with Crippen LogP contribution in [0, 0.1) is 20.8 Å². The minimum atomic E-state index is -0.310. The van der Waals surface area contributed by atoms with Crippen LogP contribution in [0.15, 0.2) is 17.7 Å². The number of rotatable bonds is 1. The van der Waals surface area contributed by atoms with E-state index in [1.54, 1.807) is 0 Å². The smallest absolute Gasteiger partial charge is 0.130 e. The Morgan fingerprint density at radius 3 is 2.07 bits per heavy atom. The van der Waals surface area contributed by atoms with Crippen LogP contribution >= 0.6 is 0 Å². The molecule has 0 bridgehead atoms. The summed E-state index contributed by atoms with van der Waals surface area (Å²) in [6.07, 6.45) is 11.2. The number of aryl methyl sites for hydroxylation is 3.